The Morgan fingerprint density at radius 1 is 1.00 bits per heavy atom. The fourth-order valence-corrected chi connectivity index (χ4v) is 3.68. The molecule has 3 aromatic carbocycles. The maximum atomic E-state index is 13.3. The monoisotopic (exact) mass is 436 g/mol. The maximum absolute atomic E-state index is 13.3. The predicted octanol–water partition coefficient (Wildman–Crippen LogP) is 5.44. The van der Waals surface area contributed by atoms with E-state index in [9.17, 15) is 9.18 Å². The fraction of sp³-hybridized carbons (Fsp3) is 0.167. The number of urea groups is 1. The number of hydrogen-bond donors (Lipinski definition) is 2. The largest absolute Gasteiger partial charge is 0.336 e. The summed E-state index contributed by atoms with van der Waals surface area (Å²) in [6, 6.07) is 22.0. The first-order valence-electron chi connectivity index (χ1n) is 10.1. The molecule has 0 radical (unpaired) electrons. The van der Waals surface area contributed by atoms with Crippen LogP contribution in [-0.2, 0) is 19.4 Å². The minimum absolute atomic E-state index is 0.0363. The number of fused-ring (bicyclic) bond motifs is 1. The topological polar surface area (TPSA) is 59.0 Å². The highest BCUT2D eigenvalue weighted by atomic mass is 35.5. The number of amides is 2. The minimum Gasteiger partial charge on any atom is -0.336 e. The predicted molar refractivity (Wildman–Crippen MR) is 122 cm³/mol. The third kappa shape index (κ3) is 5.22. The van der Waals surface area contributed by atoms with Gasteiger partial charge in [0, 0.05) is 25.2 Å². The number of aryl methyl sites for hydroxylation is 2. The van der Waals surface area contributed by atoms with Gasteiger partial charge in [0.1, 0.15) is 11.6 Å². The van der Waals surface area contributed by atoms with E-state index >= 15 is 0 Å². The SMILES string of the molecule is O=C(NCCn1c(CCc2ccccc2)nc2ccccc21)Nc1ccc(F)c(Cl)c1. The molecule has 0 aliphatic heterocycles. The number of nitrogens with one attached hydrogen (secondary N) is 2. The standard InChI is InChI=1S/C24H22ClFN4O/c25-19-16-18(11-12-20(19)26)28-24(31)27-14-15-30-22-9-5-4-8-21(22)29-23(30)13-10-17-6-2-1-3-7-17/h1-9,11-12,16H,10,13-15H2,(H2,27,28,31). The Bertz CT molecular complexity index is 1190. The van der Waals surface area contributed by atoms with Gasteiger partial charge in [0.15, 0.2) is 0 Å². The summed E-state index contributed by atoms with van der Waals surface area (Å²) in [6.07, 6.45) is 1.70. The zero-order valence-corrected chi connectivity index (χ0v) is 17.6. The zero-order valence-electron chi connectivity index (χ0n) is 16.8. The van der Waals surface area contributed by atoms with Crippen molar-refractivity contribution < 1.29 is 9.18 Å². The number of carbonyl (C=O) groups excluding carboxylic acids is 1. The van der Waals surface area contributed by atoms with E-state index in [1.54, 1.807) is 0 Å². The van der Waals surface area contributed by atoms with Crippen molar-refractivity contribution in [2.45, 2.75) is 19.4 Å². The van der Waals surface area contributed by atoms with Gasteiger partial charge in [-0.15, -0.1) is 0 Å². The molecule has 1 heterocycles. The lowest BCUT2D eigenvalue weighted by Crippen LogP contribution is -2.31. The Balaban J connectivity index is 1.41. The molecular weight excluding hydrogens is 415 g/mol. The molecule has 0 aliphatic carbocycles. The number of carbonyl (C=O) groups is 1. The van der Waals surface area contributed by atoms with E-state index in [4.69, 9.17) is 16.6 Å². The molecule has 0 spiro atoms. The Morgan fingerprint density at radius 2 is 1.77 bits per heavy atom. The third-order valence-corrected chi connectivity index (χ3v) is 5.30. The Hall–Kier alpha value is -3.38. The van der Waals surface area contributed by atoms with E-state index in [2.05, 4.69) is 27.3 Å². The van der Waals surface area contributed by atoms with Crippen molar-refractivity contribution in [3.8, 4) is 0 Å². The molecule has 4 rings (SSSR count). The van der Waals surface area contributed by atoms with E-state index < -0.39 is 5.82 Å². The fourth-order valence-electron chi connectivity index (χ4n) is 3.50. The van der Waals surface area contributed by atoms with Crippen molar-refractivity contribution in [3.05, 3.63) is 95.0 Å². The molecule has 0 bridgehead atoms. The van der Waals surface area contributed by atoms with Gasteiger partial charge in [-0.2, -0.15) is 0 Å². The molecule has 0 unspecified atom stereocenters. The van der Waals surface area contributed by atoms with Crippen molar-refractivity contribution in [1.82, 2.24) is 14.9 Å². The minimum atomic E-state index is -0.525. The molecule has 0 fully saturated rings. The summed E-state index contributed by atoms with van der Waals surface area (Å²) in [6.45, 7) is 1.00. The zero-order chi connectivity index (χ0) is 21.6. The summed E-state index contributed by atoms with van der Waals surface area (Å²) in [5.74, 6) is 0.459. The van der Waals surface area contributed by atoms with Crippen LogP contribution in [0.5, 0.6) is 0 Å². The van der Waals surface area contributed by atoms with Crippen LogP contribution in [0.1, 0.15) is 11.4 Å². The molecule has 0 aliphatic rings. The number of para-hydroxylation sites is 2. The molecule has 7 heteroatoms. The van der Waals surface area contributed by atoms with Gasteiger partial charge in [0.25, 0.3) is 0 Å². The highest BCUT2D eigenvalue weighted by Crippen LogP contribution is 2.19. The van der Waals surface area contributed by atoms with Crippen LogP contribution in [0.3, 0.4) is 0 Å². The molecule has 4 aromatic rings. The van der Waals surface area contributed by atoms with E-state index in [0.29, 0.717) is 18.8 Å². The van der Waals surface area contributed by atoms with Crippen LogP contribution in [0, 0.1) is 5.82 Å². The third-order valence-electron chi connectivity index (χ3n) is 5.01. The van der Waals surface area contributed by atoms with Crippen molar-refractivity contribution in [2.24, 2.45) is 0 Å². The summed E-state index contributed by atoms with van der Waals surface area (Å²) in [5, 5.41) is 5.46. The normalized spacial score (nSPS) is 10.9. The van der Waals surface area contributed by atoms with Gasteiger partial charge in [0.2, 0.25) is 0 Å². The number of halogens is 2. The average molecular weight is 437 g/mol. The molecular formula is C24H22ClFN4O. The van der Waals surface area contributed by atoms with Gasteiger partial charge in [-0.3, -0.25) is 0 Å². The molecule has 2 N–H and O–H groups in total. The average Bonchev–Trinajstić information content (AvgIpc) is 3.13. The first-order valence-corrected chi connectivity index (χ1v) is 10.5. The van der Waals surface area contributed by atoms with Crippen molar-refractivity contribution in [1.29, 1.82) is 0 Å². The second-order valence-electron chi connectivity index (χ2n) is 7.16. The van der Waals surface area contributed by atoms with Crippen LogP contribution < -0.4 is 10.6 Å². The Kier molecular flexibility index (Phi) is 6.48. The van der Waals surface area contributed by atoms with Gasteiger partial charge >= 0.3 is 6.03 Å². The number of aromatic nitrogens is 2. The second-order valence-corrected chi connectivity index (χ2v) is 7.57. The number of hydrogen-bond acceptors (Lipinski definition) is 2. The highest BCUT2D eigenvalue weighted by Gasteiger charge is 2.11. The van der Waals surface area contributed by atoms with E-state index in [-0.39, 0.29) is 11.1 Å². The van der Waals surface area contributed by atoms with Crippen molar-refractivity contribution in [2.75, 3.05) is 11.9 Å². The molecule has 31 heavy (non-hydrogen) atoms. The van der Waals surface area contributed by atoms with Gasteiger partial charge in [-0.05, 0) is 42.3 Å². The van der Waals surface area contributed by atoms with Gasteiger partial charge in [0.05, 0.1) is 16.1 Å². The number of nitrogens with zero attached hydrogens (tertiary/aromatic N) is 2. The molecule has 5 nitrogen and oxygen atoms in total. The van der Waals surface area contributed by atoms with Crippen LogP contribution in [0.15, 0.2) is 72.8 Å². The van der Waals surface area contributed by atoms with E-state index in [0.717, 1.165) is 29.7 Å². The molecule has 0 saturated heterocycles. The van der Waals surface area contributed by atoms with Crippen molar-refractivity contribution >= 4 is 34.4 Å². The molecule has 0 atom stereocenters. The lowest BCUT2D eigenvalue weighted by molar-refractivity contribution is 0.251. The van der Waals surface area contributed by atoms with Gasteiger partial charge < -0.3 is 15.2 Å². The van der Waals surface area contributed by atoms with E-state index in [1.165, 1.54) is 23.8 Å². The smallest absolute Gasteiger partial charge is 0.319 e. The van der Waals surface area contributed by atoms with Gasteiger partial charge in [-0.25, -0.2) is 14.2 Å². The van der Waals surface area contributed by atoms with Crippen LogP contribution in [0.2, 0.25) is 5.02 Å². The quantitative estimate of drug-likeness (QED) is 0.405. The van der Waals surface area contributed by atoms with Crippen LogP contribution in [-0.4, -0.2) is 22.1 Å². The van der Waals surface area contributed by atoms with Crippen LogP contribution in [0.4, 0.5) is 14.9 Å². The van der Waals surface area contributed by atoms with Crippen LogP contribution in [0.25, 0.3) is 11.0 Å². The molecule has 2 amide bonds. The van der Waals surface area contributed by atoms with Gasteiger partial charge in [-0.1, -0.05) is 54.1 Å². The van der Waals surface area contributed by atoms with Crippen LogP contribution >= 0.6 is 11.6 Å². The lowest BCUT2D eigenvalue weighted by atomic mass is 10.1. The highest BCUT2D eigenvalue weighted by molar-refractivity contribution is 6.31. The van der Waals surface area contributed by atoms with E-state index in [1.807, 2.05) is 42.5 Å². The number of anilines is 1. The summed E-state index contributed by atoms with van der Waals surface area (Å²) in [5.41, 5.74) is 3.67. The Labute approximate surface area is 184 Å². The number of benzene rings is 3. The lowest BCUT2D eigenvalue weighted by Gasteiger charge is -2.12. The maximum Gasteiger partial charge on any atom is 0.319 e. The summed E-state index contributed by atoms with van der Waals surface area (Å²) in [4.78, 5) is 17.0. The molecule has 158 valence electrons. The summed E-state index contributed by atoms with van der Waals surface area (Å²) in [7, 11) is 0. The first-order chi connectivity index (χ1) is 15.1. The number of rotatable bonds is 7. The molecule has 0 saturated carbocycles. The number of imidazole rings is 1. The summed E-state index contributed by atoms with van der Waals surface area (Å²) < 4.78 is 15.4. The summed E-state index contributed by atoms with van der Waals surface area (Å²) >= 11 is 5.76. The second kappa shape index (κ2) is 9.62. The van der Waals surface area contributed by atoms with Crippen molar-refractivity contribution in [3.63, 3.8) is 0 Å². The first kappa shape index (κ1) is 20.9. The Morgan fingerprint density at radius 3 is 2.58 bits per heavy atom. The molecule has 1 aromatic heterocycles.